The third kappa shape index (κ3) is 2.10. The van der Waals surface area contributed by atoms with Gasteiger partial charge in [0.25, 0.3) is 10.0 Å². The average Bonchev–Trinajstić information content (AvgIpc) is 2.82. The van der Waals surface area contributed by atoms with Crippen molar-refractivity contribution in [3.63, 3.8) is 0 Å². The zero-order chi connectivity index (χ0) is 12.5. The van der Waals surface area contributed by atoms with Crippen molar-refractivity contribution >= 4 is 15.7 Å². The fourth-order valence-corrected chi connectivity index (χ4v) is 2.98. The Morgan fingerprint density at radius 2 is 2.24 bits per heavy atom. The van der Waals surface area contributed by atoms with Crippen LogP contribution in [-0.4, -0.2) is 26.0 Å². The predicted octanol–water partition coefficient (Wildman–Crippen LogP) is 0.466. The van der Waals surface area contributed by atoms with E-state index >= 15 is 0 Å². The van der Waals surface area contributed by atoms with Crippen molar-refractivity contribution in [1.29, 1.82) is 5.26 Å². The zero-order valence-electron chi connectivity index (χ0n) is 8.96. The number of nitrogens with zero attached hydrogens (tertiary/aromatic N) is 2. The Labute approximate surface area is 99.2 Å². The number of nitrogens with two attached hydrogens (primary N) is 1. The number of nitrogen functional groups attached to an aromatic ring is 1. The quantitative estimate of drug-likeness (QED) is 0.772. The molecule has 90 valence electrons. The monoisotopic (exact) mass is 253 g/mol. The number of hydroxylamine groups is 1. The molecule has 0 unspecified atom stereocenters. The first kappa shape index (κ1) is 11.9. The van der Waals surface area contributed by atoms with Gasteiger partial charge in [-0.25, -0.2) is 8.42 Å². The molecule has 1 aromatic carbocycles. The van der Waals surface area contributed by atoms with E-state index in [1.807, 2.05) is 6.07 Å². The van der Waals surface area contributed by atoms with Crippen molar-refractivity contribution in [3.8, 4) is 6.07 Å². The number of benzene rings is 1. The summed E-state index contributed by atoms with van der Waals surface area (Å²) in [5, 5.41) is 8.68. The maximum atomic E-state index is 12.1. The van der Waals surface area contributed by atoms with Gasteiger partial charge in [-0.1, -0.05) is 4.47 Å². The Morgan fingerprint density at radius 3 is 2.76 bits per heavy atom. The Balaban J connectivity index is 2.43. The van der Waals surface area contributed by atoms with E-state index < -0.39 is 10.0 Å². The van der Waals surface area contributed by atoms with Crippen LogP contribution in [0.4, 0.5) is 5.69 Å². The molecule has 17 heavy (non-hydrogen) atoms. The standard InChI is InChI=1S/C10H11N3O3S/c11-7-8-2-3-10(9(12)6-8)17(14,15)13-4-1-5-16-13/h2-3,6H,1,4-5,12H2. The molecule has 0 aromatic heterocycles. The fourth-order valence-electron chi connectivity index (χ4n) is 1.58. The van der Waals surface area contributed by atoms with Gasteiger partial charge in [0, 0.05) is 6.54 Å². The molecular formula is C10H11N3O3S. The number of hydrogen-bond acceptors (Lipinski definition) is 5. The van der Waals surface area contributed by atoms with E-state index in [2.05, 4.69) is 0 Å². The van der Waals surface area contributed by atoms with E-state index in [0.717, 1.165) is 4.47 Å². The maximum Gasteiger partial charge on any atom is 0.267 e. The van der Waals surface area contributed by atoms with Crippen LogP contribution in [0.3, 0.4) is 0 Å². The average molecular weight is 253 g/mol. The lowest BCUT2D eigenvalue weighted by molar-refractivity contribution is -0.0284. The summed E-state index contributed by atoms with van der Waals surface area (Å²) >= 11 is 0. The fraction of sp³-hybridized carbons (Fsp3) is 0.300. The molecule has 1 saturated heterocycles. The number of hydrogen-bond donors (Lipinski definition) is 1. The summed E-state index contributed by atoms with van der Waals surface area (Å²) in [7, 11) is -3.72. The van der Waals surface area contributed by atoms with Gasteiger partial charge in [-0.2, -0.15) is 5.26 Å². The molecular weight excluding hydrogens is 242 g/mol. The van der Waals surface area contributed by atoms with Gasteiger partial charge in [0.15, 0.2) is 0 Å². The molecule has 1 aliphatic heterocycles. The Morgan fingerprint density at radius 1 is 1.47 bits per heavy atom. The minimum absolute atomic E-state index is 0.0293. The molecule has 2 rings (SSSR count). The van der Waals surface area contributed by atoms with Crippen LogP contribution in [0.2, 0.25) is 0 Å². The van der Waals surface area contributed by atoms with Gasteiger partial charge in [0.05, 0.1) is 23.9 Å². The van der Waals surface area contributed by atoms with Crippen molar-refractivity contribution < 1.29 is 13.3 Å². The minimum Gasteiger partial charge on any atom is -0.398 e. The molecule has 0 saturated carbocycles. The molecule has 0 amide bonds. The third-order valence-electron chi connectivity index (χ3n) is 2.41. The normalized spacial score (nSPS) is 16.9. The molecule has 1 aliphatic rings. The Bertz CT molecular complexity index is 571. The van der Waals surface area contributed by atoms with Crippen molar-refractivity contribution in [1.82, 2.24) is 4.47 Å². The summed E-state index contributed by atoms with van der Waals surface area (Å²) in [5.74, 6) is 0. The van der Waals surface area contributed by atoms with Gasteiger partial charge in [-0.15, -0.1) is 0 Å². The van der Waals surface area contributed by atoms with Crippen molar-refractivity contribution in [2.45, 2.75) is 11.3 Å². The van der Waals surface area contributed by atoms with Gasteiger partial charge < -0.3 is 5.73 Å². The van der Waals surface area contributed by atoms with E-state index in [0.29, 0.717) is 25.1 Å². The number of rotatable bonds is 2. The molecule has 0 aliphatic carbocycles. The van der Waals surface area contributed by atoms with E-state index in [9.17, 15) is 8.42 Å². The van der Waals surface area contributed by atoms with E-state index in [1.54, 1.807) is 0 Å². The molecule has 1 aromatic rings. The topological polar surface area (TPSA) is 96.4 Å². The second-order valence-electron chi connectivity index (χ2n) is 3.58. The van der Waals surface area contributed by atoms with Crippen LogP contribution >= 0.6 is 0 Å². The minimum atomic E-state index is -3.72. The van der Waals surface area contributed by atoms with Gasteiger partial charge in [-0.3, -0.25) is 4.84 Å². The molecule has 7 heteroatoms. The number of nitriles is 1. The van der Waals surface area contributed by atoms with Crippen LogP contribution in [0.25, 0.3) is 0 Å². The molecule has 1 fully saturated rings. The molecule has 6 nitrogen and oxygen atoms in total. The van der Waals surface area contributed by atoms with Gasteiger partial charge in [-0.05, 0) is 24.6 Å². The van der Waals surface area contributed by atoms with Gasteiger partial charge >= 0.3 is 0 Å². The lowest BCUT2D eigenvalue weighted by Crippen LogP contribution is -2.27. The summed E-state index contributed by atoms with van der Waals surface area (Å²) in [6.07, 6.45) is 0.662. The summed E-state index contributed by atoms with van der Waals surface area (Å²) in [4.78, 5) is 4.98. The first-order valence-corrected chi connectivity index (χ1v) is 6.45. The van der Waals surface area contributed by atoms with Crippen LogP contribution in [0, 0.1) is 11.3 Å². The van der Waals surface area contributed by atoms with Crippen molar-refractivity contribution in [3.05, 3.63) is 23.8 Å². The van der Waals surface area contributed by atoms with Crippen molar-refractivity contribution in [2.24, 2.45) is 0 Å². The third-order valence-corrected chi connectivity index (χ3v) is 4.16. The van der Waals surface area contributed by atoms with Gasteiger partial charge in [0.1, 0.15) is 4.90 Å². The SMILES string of the molecule is N#Cc1ccc(S(=O)(=O)N2CCCO2)c(N)c1. The second kappa shape index (κ2) is 4.33. The van der Waals surface area contributed by atoms with Crippen LogP contribution in [0.1, 0.15) is 12.0 Å². The molecule has 0 atom stereocenters. The second-order valence-corrected chi connectivity index (χ2v) is 5.38. The van der Waals surface area contributed by atoms with Gasteiger partial charge in [0.2, 0.25) is 0 Å². The highest BCUT2D eigenvalue weighted by Gasteiger charge is 2.30. The Hall–Kier alpha value is -1.62. The maximum absolute atomic E-state index is 12.1. The first-order valence-electron chi connectivity index (χ1n) is 5.01. The number of sulfonamides is 1. The van der Waals surface area contributed by atoms with Crippen LogP contribution in [0.15, 0.2) is 23.1 Å². The summed E-state index contributed by atoms with van der Waals surface area (Å²) in [6.45, 7) is 0.706. The van der Waals surface area contributed by atoms with Crippen LogP contribution in [-0.2, 0) is 14.9 Å². The van der Waals surface area contributed by atoms with Crippen LogP contribution < -0.4 is 5.73 Å². The smallest absolute Gasteiger partial charge is 0.267 e. The molecule has 1 heterocycles. The highest BCUT2D eigenvalue weighted by molar-refractivity contribution is 7.89. The molecule has 0 spiro atoms. The summed E-state index contributed by atoms with van der Waals surface area (Å²) in [5.41, 5.74) is 6.02. The largest absolute Gasteiger partial charge is 0.398 e. The first-order chi connectivity index (χ1) is 8.05. The number of anilines is 1. The van der Waals surface area contributed by atoms with E-state index in [-0.39, 0.29) is 10.6 Å². The Kier molecular flexibility index (Phi) is 3.02. The highest BCUT2D eigenvalue weighted by atomic mass is 32.2. The highest BCUT2D eigenvalue weighted by Crippen LogP contribution is 2.25. The lowest BCUT2D eigenvalue weighted by atomic mass is 10.2. The predicted molar refractivity (Wildman–Crippen MR) is 60.0 cm³/mol. The van der Waals surface area contributed by atoms with E-state index in [1.165, 1.54) is 18.2 Å². The molecule has 0 bridgehead atoms. The molecule has 2 N–H and O–H groups in total. The van der Waals surface area contributed by atoms with E-state index in [4.69, 9.17) is 15.8 Å². The zero-order valence-corrected chi connectivity index (χ0v) is 9.77. The van der Waals surface area contributed by atoms with Crippen molar-refractivity contribution in [2.75, 3.05) is 18.9 Å². The van der Waals surface area contributed by atoms with Crippen LogP contribution in [0.5, 0.6) is 0 Å². The molecule has 0 radical (unpaired) electrons. The lowest BCUT2D eigenvalue weighted by Gasteiger charge is -2.15. The summed E-state index contributed by atoms with van der Waals surface area (Å²) in [6, 6.07) is 5.97. The summed E-state index contributed by atoms with van der Waals surface area (Å²) < 4.78 is 25.1.